The number of rotatable bonds is 6. The van der Waals surface area contributed by atoms with Crippen LogP contribution < -0.4 is 5.32 Å². The lowest BCUT2D eigenvalue weighted by atomic mass is 10.1. The molecule has 0 fully saturated rings. The maximum absolute atomic E-state index is 11.0. The zero-order valence-corrected chi connectivity index (χ0v) is 12.8. The van der Waals surface area contributed by atoms with E-state index in [2.05, 4.69) is 21.2 Å². The van der Waals surface area contributed by atoms with Gasteiger partial charge in [0.1, 0.15) is 0 Å². The normalized spacial score (nSPS) is 12.1. The molecule has 0 heterocycles. The van der Waals surface area contributed by atoms with Gasteiger partial charge in [-0.2, -0.15) is 0 Å². The third-order valence-corrected chi connectivity index (χ3v) is 3.86. The van der Waals surface area contributed by atoms with E-state index < -0.39 is 11.0 Å². The average Bonchev–Trinajstić information content (AvgIpc) is 2.49. The molecule has 2 aromatic rings. The minimum Gasteiger partial charge on any atom is -0.387 e. The standard InChI is InChI=1S/C15H15BrN2O3/c16-13-7-4-8-14(18(20)21)12(13)9-17-10-15(19)11-5-2-1-3-6-11/h1-8,15,17,19H,9-10H2/t15-/m0/s1. The summed E-state index contributed by atoms with van der Waals surface area (Å²) in [5.74, 6) is 0. The third kappa shape index (κ3) is 4.10. The largest absolute Gasteiger partial charge is 0.387 e. The Bertz CT molecular complexity index is 620. The van der Waals surface area contributed by atoms with Crippen molar-refractivity contribution in [1.82, 2.24) is 5.32 Å². The van der Waals surface area contributed by atoms with Gasteiger partial charge in [0.05, 0.1) is 16.6 Å². The minimum absolute atomic E-state index is 0.0612. The van der Waals surface area contributed by atoms with Crippen molar-refractivity contribution in [3.63, 3.8) is 0 Å². The number of nitro groups is 1. The van der Waals surface area contributed by atoms with Gasteiger partial charge in [-0.25, -0.2) is 0 Å². The zero-order valence-electron chi connectivity index (χ0n) is 11.2. The Hall–Kier alpha value is -1.76. The summed E-state index contributed by atoms with van der Waals surface area (Å²) in [6.07, 6.45) is -0.646. The summed E-state index contributed by atoms with van der Waals surface area (Å²) in [7, 11) is 0. The molecule has 5 nitrogen and oxygen atoms in total. The number of nitrogens with zero attached hydrogens (tertiary/aromatic N) is 1. The van der Waals surface area contributed by atoms with Gasteiger partial charge in [0.15, 0.2) is 0 Å². The predicted octanol–water partition coefficient (Wildman–Crippen LogP) is 3.18. The number of aliphatic hydroxyl groups excluding tert-OH is 1. The van der Waals surface area contributed by atoms with Crippen LogP contribution in [0.3, 0.4) is 0 Å². The van der Waals surface area contributed by atoms with Crippen LogP contribution in [0, 0.1) is 10.1 Å². The highest BCUT2D eigenvalue weighted by Crippen LogP contribution is 2.26. The number of halogens is 1. The smallest absolute Gasteiger partial charge is 0.275 e. The van der Waals surface area contributed by atoms with Crippen LogP contribution in [0.2, 0.25) is 0 Å². The van der Waals surface area contributed by atoms with Crippen molar-refractivity contribution in [1.29, 1.82) is 0 Å². The van der Waals surface area contributed by atoms with Crippen molar-refractivity contribution in [2.75, 3.05) is 6.54 Å². The molecule has 2 N–H and O–H groups in total. The first-order valence-corrected chi connectivity index (χ1v) is 7.24. The Kier molecular flexibility index (Phi) is 5.44. The van der Waals surface area contributed by atoms with Gasteiger partial charge in [-0.15, -0.1) is 0 Å². The van der Waals surface area contributed by atoms with E-state index in [9.17, 15) is 15.2 Å². The fourth-order valence-corrected chi connectivity index (χ4v) is 2.52. The number of nitrogens with one attached hydrogen (secondary N) is 1. The van der Waals surface area contributed by atoms with Crippen LogP contribution in [0.25, 0.3) is 0 Å². The lowest BCUT2D eigenvalue weighted by Gasteiger charge is -2.13. The molecule has 2 rings (SSSR count). The summed E-state index contributed by atoms with van der Waals surface area (Å²) < 4.78 is 0.679. The molecule has 0 unspecified atom stereocenters. The van der Waals surface area contributed by atoms with Crippen LogP contribution in [-0.2, 0) is 6.54 Å². The van der Waals surface area contributed by atoms with E-state index in [0.717, 1.165) is 5.56 Å². The van der Waals surface area contributed by atoms with Crippen LogP contribution in [0.15, 0.2) is 53.0 Å². The molecule has 0 aliphatic rings. The number of hydrogen-bond acceptors (Lipinski definition) is 4. The summed E-state index contributed by atoms with van der Waals surface area (Å²) in [5.41, 5.74) is 1.44. The predicted molar refractivity (Wildman–Crippen MR) is 83.9 cm³/mol. The maximum atomic E-state index is 11.0. The highest BCUT2D eigenvalue weighted by molar-refractivity contribution is 9.10. The van der Waals surface area contributed by atoms with Gasteiger partial charge < -0.3 is 10.4 Å². The number of aliphatic hydroxyl groups is 1. The van der Waals surface area contributed by atoms with Crippen LogP contribution in [0.4, 0.5) is 5.69 Å². The van der Waals surface area contributed by atoms with Crippen molar-refractivity contribution >= 4 is 21.6 Å². The van der Waals surface area contributed by atoms with Crippen molar-refractivity contribution in [3.8, 4) is 0 Å². The second-order valence-electron chi connectivity index (χ2n) is 4.55. The Morgan fingerprint density at radius 3 is 2.57 bits per heavy atom. The third-order valence-electron chi connectivity index (χ3n) is 3.11. The van der Waals surface area contributed by atoms with E-state index in [1.54, 1.807) is 12.1 Å². The molecule has 0 bridgehead atoms. The fourth-order valence-electron chi connectivity index (χ4n) is 2.02. The van der Waals surface area contributed by atoms with Gasteiger partial charge in [-0.05, 0) is 11.6 Å². The molecule has 0 aromatic heterocycles. The van der Waals surface area contributed by atoms with Gasteiger partial charge in [-0.1, -0.05) is 52.3 Å². The quantitative estimate of drug-likeness (QED) is 0.619. The molecule has 2 aromatic carbocycles. The van der Waals surface area contributed by atoms with E-state index in [1.165, 1.54) is 6.07 Å². The van der Waals surface area contributed by atoms with Crippen LogP contribution in [-0.4, -0.2) is 16.6 Å². The van der Waals surface area contributed by atoms with E-state index in [0.29, 0.717) is 23.1 Å². The molecule has 0 aliphatic heterocycles. The van der Waals surface area contributed by atoms with Crippen molar-refractivity contribution < 1.29 is 10.0 Å². The molecule has 21 heavy (non-hydrogen) atoms. The van der Waals surface area contributed by atoms with Crippen molar-refractivity contribution in [2.24, 2.45) is 0 Å². The van der Waals surface area contributed by atoms with E-state index in [-0.39, 0.29) is 5.69 Å². The SMILES string of the molecule is O=[N+]([O-])c1cccc(Br)c1CNC[C@H](O)c1ccccc1. The summed E-state index contributed by atoms with van der Waals surface area (Å²) in [5, 5.41) is 24.1. The number of nitro benzene ring substituents is 1. The van der Waals surface area contributed by atoms with Gasteiger partial charge >= 0.3 is 0 Å². The molecule has 6 heteroatoms. The highest BCUT2D eigenvalue weighted by atomic mass is 79.9. The van der Waals surface area contributed by atoms with Crippen LogP contribution in [0.1, 0.15) is 17.2 Å². The molecule has 110 valence electrons. The Labute approximate surface area is 130 Å². The maximum Gasteiger partial charge on any atom is 0.275 e. The monoisotopic (exact) mass is 350 g/mol. The highest BCUT2D eigenvalue weighted by Gasteiger charge is 2.16. The fraction of sp³-hybridized carbons (Fsp3) is 0.200. The van der Waals surface area contributed by atoms with E-state index in [4.69, 9.17) is 0 Å². The lowest BCUT2D eigenvalue weighted by molar-refractivity contribution is -0.385. The Morgan fingerprint density at radius 1 is 1.19 bits per heavy atom. The van der Waals surface area contributed by atoms with Gasteiger partial charge in [0.25, 0.3) is 5.69 Å². The topological polar surface area (TPSA) is 75.4 Å². The molecule has 0 saturated carbocycles. The summed E-state index contributed by atoms with van der Waals surface area (Å²) >= 11 is 3.32. The minimum atomic E-state index is -0.646. The number of hydrogen-bond donors (Lipinski definition) is 2. The van der Waals surface area contributed by atoms with Crippen LogP contribution in [0.5, 0.6) is 0 Å². The molecule has 0 aliphatic carbocycles. The second-order valence-corrected chi connectivity index (χ2v) is 5.41. The Morgan fingerprint density at radius 2 is 1.90 bits per heavy atom. The molecule has 0 saturated heterocycles. The van der Waals surface area contributed by atoms with Gasteiger partial charge in [0, 0.05) is 23.6 Å². The molecule has 1 atom stereocenters. The first-order valence-electron chi connectivity index (χ1n) is 6.45. The molecule has 0 radical (unpaired) electrons. The second kappa shape index (κ2) is 7.31. The van der Waals surface area contributed by atoms with E-state index in [1.807, 2.05) is 30.3 Å². The average molecular weight is 351 g/mol. The molecule has 0 amide bonds. The van der Waals surface area contributed by atoms with Crippen molar-refractivity contribution in [3.05, 3.63) is 74.2 Å². The van der Waals surface area contributed by atoms with Crippen LogP contribution >= 0.6 is 15.9 Å². The van der Waals surface area contributed by atoms with Gasteiger partial charge in [-0.3, -0.25) is 10.1 Å². The first-order chi connectivity index (χ1) is 10.1. The van der Waals surface area contributed by atoms with E-state index >= 15 is 0 Å². The van der Waals surface area contributed by atoms with Crippen molar-refractivity contribution in [2.45, 2.75) is 12.6 Å². The Balaban J connectivity index is 1.99. The summed E-state index contributed by atoms with van der Waals surface area (Å²) in [6, 6.07) is 14.1. The summed E-state index contributed by atoms with van der Waals surface area (Å²) in [6.45, 7) is 0.629. The first kappa shape index (κ1) is 15.6. The van der Waals surface area contributed by atoms with Gasteiger partial charge in [0.2, 0.25) is 0 Å². The zero-order chi connectivity index (χ0) is 15.2. The lowest BCUT2D eigenvalue weighted by Crippen LogP contribution is -2.21. The summed E-state index contributed by atoms with van der Waals surface area (Å²) in [4.78, 5) is 10.6. The molecular formula is C15H15BrN2O3. The number of benzene rings is 2. The molecule has 0 spiro atoms. The molecular weight excluding hydrogens is 336 g/mol.